The van der Waals surface area contributed by atoms with Crippen molar-refractivity contribution in [3.63, 3.8) is 0 Å². The molecule has 3 N–H and O–H groups in total. The Morgan fingerprint density at radius 1 is 1.11 bits per heavy atom. The Morgan fingerprint density at radius 2 is 1.78 bits per heavy atom. The summed E-state index contributed by atoms with van der Waals surface area (Å²) in [5.74, 6) is 5.19. The summed E-state index contributed by atoms with van der Waals surface area (Å²) in [4.78, 5) is 0. The summed E-state index contributed by atoms with van der Waals surface area (Å²) in [6.45, 7) is 5.74. The van der Waals surface area contributed by atoms with E-state index in [9.17, 15) is 0 Å². The molecule has 0 saturated heterocycles. The average molecular weight is 250 g/mol. The molecule has 6 unspecified atom stereocenters. The molecule has 2 nitrogen and oxygen atoms in total. The van der Waals surface area contributed by atoms with Gasteiger partial charge in [0.15, 0.2) is 0 Å². The van der Waals surface area contributed by atoms with Crippen LogP contribution in [0.4, 0.5) is 0 Å². The lowest BCUT2D eigenvalue weighted by molar-refractivity contribution is 0.407. The average Bonchev–Trinajstić information content (AvgIpc) is 2.71. The van der Waals surface area contributed by atoms with Gasteiger partial charge in [-0.3, -0.25) is 0 Å². The van der Waals surface area contributed by atoms with Crippen molar-refractivity contribution in [3.8, 4) is 0 Å². The molecule has 0 heterocycles. The van der Waals surface area contributed by atoms with Crippen LogP contribution in [-0.2, 0) is 0 Å². The Labute approximate surface area is 112 Å². The van der Waals surface area contributed by atoms with Crippen LogP contribution in [-0.4, -0.2) is 18.6 Å². The fourth-order valence-corrected chi connectivity index (χ4v) is 4.83. The first kappa shape index (κ1) is 12.9. The second-order valence-corrected chi connectivity index (χ2v) is 7.44. The summed E-state index contributed by atoms with van der Waals surface area (Å²) in [5.41, 5.74) is 5.79. The highest BCUT2D eigenvalue weighted by molar-refractivity contribution is 5.16. The van der Waals surface area contributed by atoms with E-state index in [2.05, 4.69) is 19.2 Å². The smallest absolute Gasteiger partial charge is 0.0136 e. The standard InChI is InChI=1S/C16H30N2/c1-10(4-3-5-11(2)17)9-18-16-14-12-6-7-13(8-12)15(14)16/h10-16,18H,3-9,17H2,1-2H3. The van der Waals surface area contributed by atoms with Gasteiger partial charge in [0.05, 0.1) is 0 Å². The molecule has 2 heteroatoms. The first-order chi connectivity index (χ1) is 8.66. The van der Waals surface area contributed by atoms with Gasteiger partial charge >= 0.3 is 0 Å². The normalized spacial score (nSPS) is 43.8. The lowest BCUT2D eigenvalue weighted by atomic mass is 10.0. The van der Waals surface area contributed by atoms with Gasteiger partial charge in [-0.1, -0.05) is 13.3 Å². The second kappa shape index (κ2) is 5.13. The van der Waals surface area contributed by atoms with Gasteiger partial charge in [-0.15, -0.1) is 0 Å². The maximum absolute atomic E-state index is 5.79. The predicted octanol–water partition coefficient (Wildman–Crippen LogP) is 2.77. The van der Waals surface area contributed by atoms with E-state index in [1.807, 2.05) is 0 Å². The minimum Gasteiger partial charge on any atom is -0.328 e. The summed E-state index contributed by atoms with van der Waals surface area (Å²) in [6, 6.07) is 1.29. The van der Waals surface area contributed by atoms with Gasteiger partial charge in [0.25, 0.3) is 0 Å². The van der Waals surface area contributed by atoms with Crippen LogP contribution in [0.15, 0.2) is 0 Å². The molecule has 3 aliphatic rings. The molecule has 3 fully saturated rings. The minimum atomic E-state index is 0.378. The predicted molar refractivity (Wildman–Crippen MR) is 76.3 cm³/mol. The topological polar surface area (TPSA) is 38.0 Å². The van der Waals surface area contributed by atoms with Gasteiger partial charge in [0, 0.05) is 12.1 Å². The monoisotopic (exact) mass is 250 g/mol. The summed E-state index contributed by atoms with van der Waals surface area (Å²) in [6.07, 6.45) is 8.45. The number of fused-ring (bicyclic) bond motifs is 5. The van der Waals surface area contributed by atoms with E-state index in [1.54, 1.807) is 6.42 Å². The first-order valence-electron chi connectivity index (χ1n) is 8.15. The van der Waals surface area contributed by atoms with Crippen molar-refractivity contribution in [2.45, 2.75) is 64.5 Å². The Kier molecular flexibility index (Phi) is 3.68. The van der Waals surface area contributed by atoms with E-state index < -0.39 is 0 Å². The number of hydrogen-bond acceptors (Lipinski definition) is 2. The SMILES string of the molecule is CC(N)CCCC(C)CNC1C2C3CCC(C3)C12. The Balaban J connectivity index is 1.31. The van der Waals surface area contributed by atoms with Crippen LogP contribution in [0.5, 0.6) is 0 Å². The molecule has 3 saturated carbocycles. The van der Waals surface area contributed by atoms with Crippen LogP contribution in [0.2, 0.25) is 0 Å². The van der Waals surface area contributed by atoms with E-state index in [4.69, 9.17) is 5.73 Å². The van der Waals surface area contributed by atoms with Crippen molar-refractivity contribution < 1.29 is 0 Å². The fourth-order valence-electron chi connectivity index (χ4n) is 4.83. The van der Waals surface area contributed by atoms with E-state index in [-0.39, 0.29) is 0 Å². The minimum absolute atomic E-state index is 0.378. The molecule has 3 rings (SSSR count). The zero-order valence-corrected chi connectivity index (χ0v) is 12.1. The van der Waals surface area contributed by atoms with Crippen molar-refractivity contribution >= 4 is 0 Å². The molecule has 3 aliphatic carbocycles. The van der Waals surface area contributed by atoms with E-state index >= 15 is 0 Å². The molecule has 0 spiro atoms. The van der Waals surface area contributed by atoms with Crippen molar-refractivity contribution in [1.29, 1.82) is 0 Å². The number of hydrogen-bond donors (Lipinski definition) is 2. The number of nitrogens with one attached hydrogen (secondary N) is 1. The third kappa shape index (κ3) is 2.46. The zero-order valence-electron chi connectivity index (χ0n) is 12.1. The number of rotatable bonds is 7. The Hall–Kier alpha value is -0.0800. The lowest BCUT2D eigenvalue weighted by Gasteiger charge is -2.15. The molecule has 0 aromatic carbocycles. The van der Waals surface area contributed by atoms with Crippen LogP contribution in [0.1, 0.15) is 52.4 Å². The molecule has 0 aromatic heterocycles. The third-order valence-electron chi connectivity index (χ3n) is 5.79. The largest absolute Gasteiger partial charge is 0.328 e. The molecule has 0 amide bonds. The van der Waals surface area contributed by atoms with Gasteiger partial charge in [-0.25, -0.2) is 0 Å². The quantitative estimate of drug-likeness (QED) is 0.729. The first-order valence-corrected chi connectivity index (χ1v) is 8.15. The maximum atomic E-state index is 5.79. The van der Waals surface area contributed by atoms with Crippen LogP contribution >= 0.6 is 0 Å². The molecule has 104 valence electrons. The Morgan fingerprint density at radius 3 is 2.39 bits per heavy atom. The molecular weight excluding hydrogens is 220 g/mol. The van der Waals surface area contributed by atoms with E-state index in [0.29, 0.717) is 6.04 Å². The summed E-state index contributed by atoms with van der Waals surface area (Å²) < 4.78 is 0. The third-order valence-corrected chi connectivity index (χ3v) is 5.79. The van der Waals surface area contributed by atoms with Crippen LogP contribution in [0, 0.1) is 29.6 Å². The molecule has 0 aliphatic heterocycles. The van der Waals surface area contributed by atoms with Crippen LogP contribution in [0.3, 0.4) is 0 Å². The molecule has 2 bridgehead atoms. The van der Waals surface area contributed by atoms with Crippen molar-refractivity contribution in [3.05, 3.63) is 0 Å². The van der Waals surface area contributed by atoms with Gasteiger partial charge in [0.2, 0.25) is 0 Å². The fraction of sp³-hybridized carbons (Fsp3) is 1.00. The molecule has 0 aromatic rings. The molecule has 6 atom stereocenters. The highest BCUT2D eigenvalue weighted by Crippen LogP contribution is 2.65. The van der Waals surface area contributed by atoms with Crippen LogP contribution in [0.25, 0.3) is 0 Å². The van der Waals surface area contributed by atoms with Gasteiger partial charge in [-0.2, -0.15) is 0 Å². The maximum Gasteiger partial charge on any atom is 0.0136 e. The summed E-state index contributed by atoms with van der Waals surface area (Å²) >= 11 is 0. The van der Waals surface area contributed by atoms with Crippen molar-refractivity contribution in [2.75, 3.05) is 6.54 Å². The Bertz CT molecular complexity index is 273. The van der Waals surface area contributed by atoms with Gasteiger partial charge in [0.1, 0.15) is 0 Å². The van der Waals surface area contributed by atoms with Crippen molar-refractivity contribution in [1.82, 2.24) is 5.32 Å². The molecule has 0 radical (unpaired) electrons. The molecular formula is C16H30N2. The second-order valence-electron chi connectivity index (χ2n) is 7.44. The van der Waals surface area contributed by atoms with Gasteiger partial charge in [-0.05, 0) is 75.2 Å². The van der Waals surface area contributed by atoms with E-state index in [1.165, 1.54) is 38.6 Å². The summed E-state index contributed by atoms with van der Waals surface area (Å²) in [5, 5.41) is 3.87. The van der Waals surface area contributed by atoms with E-state index in [0.717, 1.165) is 35.6 Å². The lowest BCUT2D eigenvalue weighted by Crippen LogP contribution is -2.28. The van der Waals surface area contributed by atoms with Gasteiger partial charge < -0.3 is 11.1 Å². The zero-order chi connectivity index (χ0) is 12.7. The number of nitrogens with two attached hydrogens (primary N) is 1. The molecule has 18 heavy (non-hydrogen) atoms. The summed E-state index contributed by atoms with van der Waals surface area (Å²) in [7, 11) is 0. The highest BCUT2D eigenvalue weighted by Gasteiger charge is 2.64. The van der Waals surface area contributed by atoms with Crippen molar-refractivity contribution in [2.24, 2.45) is 35.3 Å². The van der Waals surface area contributed by atoms with Crippen LogP contribution < -0.4 is 11.1 Å². The highest BCUT2D eigenvalue weighted by atomic mass is 15.0.